The summed E-state index contributed by atoms with van der Waals surface area (Å²) in [6.07, 6.45) is 8.07. The Morgan fingerprint density at radius 3 is 2.48 bits per heavy atom. The molecule has 8 heteroatoms. The molecule has 0 aromatic carbocycles. The Bertz CT molecular complexity index is 968. The van der Waals surface area contributed by atoms with Gasteiger partial charge in [0, 0.05) is 4.88 Å². The van der Waals surface area contributed by atoms with Crippen LogP contribution in [0.25, 0.3) is 0 Å². The topological polar surface area (TPSA) is 102 Å². The van der Waals surface area contributed by atoms with Crippen molar-refractivity contribution in [1.82, 2.24) is 0 Å². The maximum Gasteiger partial charge on any atom is 0.341 e. The molecule has 2 unspecified atom stereocenters. The van der Waals surface area contributed by atoms with Gasteiger partial charge >= 0.3 is 11.9 Å². The number of amides is 1. The normalized spacial score (nSPS) is 31.9. The average Bonchev–Trinajstić information content (AvgIpc) is 3.07. The molecule has 2 atom stereocenters. The van der Waals surface area contributed by atoms with Crippen molar-refractivity contribution in [3.8, 4) is 0 Å². The Morgan fingerprint density at radius 1 is 1.12 bits per heavy atom. The second kappa shape index (κ2) is 8.38. The van der Waals surface area contributed by atoms with Gasteiger partial charge in [-0.05, 0) is 95.5 Å². The second-order valence-electron chi connectivity index (χ2n) is 11.0. The van der Waals surface area contributed by atoms with Crippen LogP contribution in [0.3, 0.4) is 0 Å². The fourth-order valence-corrected chi connectivity index (χ4v) is 8.34. The number of rotatable bonds is 6. The second-order valence-corrected chi connectivity index (χ2v) is 12.1. The van der Waals surface area contributed by atoms with E-state index in [1.54, 1.807) is 13.8 Å². The van der Waals surface area contributed by atoms with Gasteiger partial charge in [0.2, 0.25) is 0 Å². The summed E-state index contributed by atoms with van der Waals surface area (Å²) in [6, 6.07) is 0. The fraction of sp³-hybridized carbons (Fsp3) is 0.720. The lowest BCUT2D eigenvalue weighted by Gasteiger charge is -2.58. The highest BCUT2D eigenvalue weighted by Gasteiger charge is 2.60. The van der Waals surface area contributed by atoms with Crippen LogP contribution < -0.4 is 5.32 Å². The molecule has 1 amide bonds. The smallest absolute Gasteiger partial charge is 0.341 e. The van der Waals surface area contributed by atoms with Crippen LogP contribution >= 0.6 is 11.3 Å². The number of fused-ring (bicyclic) bond motifs is 1. The number of ether oxygens (including phenoxy) is 2. The van der Waals surface area contributed by atoms with Gasteiger partial charge in [-0.15, -0.1) is 11.3 Å². The minimum Gasteiger partial charge on any atom is -0.459 e. The van der Waals surface area contributed by atoms with Crippen LogP contribution in [0.5, 0.6) is 0 Å². The summed E-state index contributed by atoms with van der Waals surface area (Å²) in [5.74, 6) is -0.508. The van der Waals surface area contributed by atoms with Crippen molar-refractivity contribution in [3.05, 3.63) is 16.0 Å². The quantitative estimate of drug-likeness (QED) is 0.603. The van der Waals surface area contributed by atoms with Gasteiger partial charge < -0.3 is 19.9 Å². The van der Waals surface area contributed by atoms with Crippen molar-refractivity contribution in [1.29, 1.82) is 0 Å². The van der Waals surface area contributed by atoms with E-state index in [0.717, 1.165) is 68.2 Å². The molecule has 2 N–H and O–H groups in total. The molecule has 0 spiro atoms. The van der Waals surface area contributed by atoms with E-state index >= 15 is 0 Å². The SMILES string of the molecule is CC(C)OC(=O)c1c(NC(=O)COC(=O)C23CC4CC(CC(O)(C4)C2)C3)sc2c1CCCC2. The van der Waals surface area contributed by atoms with Gasteiger partial charge in [-0.1, -0.05) is 0 Å². The molecule has 4 fully saturated rings. The first-order valence-electron chi connectivity index (χ1n) is 12.2. The molecular weight excluding hydrogens is 442 g/mol. The first-order valence-corrected chi connectivity index (χ1v) is 13.0. The van der Waals surface area contributed by atoms with Crippen LogP contribution in [0, 0.1) is 17.3 Å². The highest BCUT2D eigenvalue weighted by Crippen LogP contribution is 2.62. The number of anilines is 1. The third-order valence-corrected chi connectivity index (χ3v) is 8.98. The Kier molecular flexibility index (Phi) is 5.80. The molecule has 4 bridgehead atoms. The molecule has 0 aliphatic heterocycles. The van der Waals surface area contributed by atoms with E-state index in [1.165, 1.54) is 11.3 Å². The van der Waals surface area contributed by atoms with Crippen LogP contribution in [-0.2, 0) is 31.9 Å². The van der Waals surface area contributed by atoms with Crippen molar-refractivity contribution in [2.45, 2.75) is 89.8 Å². The monoisotopic (exact) mass is 475 g/mol. The number of nitrogens with one attached hydrogen (secondary N) is 1. The van der Waals surface area contributed by atoms with E-state index in [-0.39, 0.29) is 12.1 Å². The highest BCUT2D eigenvalue weighted by molar-refractivity contribution is 7.17. The van der Waals surface area contributed by atoms with Gasteiger partial charge in [0.15, 0.2) is 6.61 Å². The molecule has 6 rings (SSSR count). The minimum absolute atomic E-state index is 0.253. The van der Waals surface area contributed by atoms with Crippen LogP contribution in [0.1, 0.15) is 86.0 Å². The molecule has 1 aromatic heterocycles. The van der Waals surface area contributed by atoms with Crippen LogP contribution in [0.2, 0.25) is 0 Å². The van der Waals surface area contributed by atoms with Crippen molar-refractivity contribution in [2.75, 3.05) is 11.9 Å². The predicted octanol–water partition coefficient (Wildman–Crippen LogP) is 4.01. The van der Waals surface area contributed by atoms with E-state index in [1.807, 2.05) is 0 Å². The summed E-state index contributed by atoms with van der Waals surface area (Å²) in [5, 5.41) is 14.2. The molecule has 33 heavy (non-hydrogen) atoms. The number of hydrogen-bond donors (Lipinski definition) is 2. The van der Waals surface area contributed by atoms with Crippen molar-refractivity contribution >= 4 is 34.2 Å². The standard InChI is InChI=1S/C25H33NO6S/c1-14(2)32-22(28)20-17-5-3-4-6-18(17)33-21(20)26-19(27)12-31-23(29)24-8-15-7-16(9-24)11-25(30,10-15)13-24/h14-16,30H,3-13H2,1-2H3,(H,26,27). The number of carbonyl (C=O) groups is 3. The highest BCUT2D eigenvalue weighted by atomic mass is 32.1. The maximum atomic E-state index is 13.1. The number of carbonyl (C=O) groups excluding carboxylic acids is 3. The van der Waals surface area contributed by atoms with Crippen LogP contribution in [0.4, 0.5) is 5.00 Å². The Labute approximate surface area is 198 Å². The first-order chi connectivity index (χ1) is 15.7. The van der Waals surface area contributed by atoms with Gasteiger partial charge in [0.25, 0.3) is 5.91 Å². The lowest BCUT2D eigenvalue weighted by molar-refractivity contribution is -0.196. The van der Waals surface area contributed by atoms with E-state index in [2.05, 4.69) is 5.32 Å². The molecule has 1 aromatic rings. The van der Waals surface area contributed by atoms with E-state index in [4.69, 9.17) is 9.47 Å². The summed E-state index contributed by atoms with van der Waals surface area (Å²) in [7, 11) is 0. The number of esters is 2. The first kappa shape index (κ1) is 22.8. The third-order valence-electron chi connectivity index (χ3n) is 7.77. The number of aliphatic hydroxyl groups is 1. The number of aryl methyl sites for hydroxylation is 1. The lowest BCUT2D eigenvalue weighted by Crippen LogP contribution is -2.58. The predicted molar refractivity (Wildman–Crippen MR) is 123 cm³/mol. The van der Waals surface area contributed by atoms with Gasteiger partial charge in [-0.25, -0.2) is 4.79 Å². The van der Waals surface area contributed by atoms with Crippen molar-refractivity contribution < 1.29 is 29.0 Å². The molecule has 0 saturated heterocycles. The van der Waals surface area contributed by atoms with E-state index < -0.39 is 29.5 Å². The molecular formula is C25H33NO6S. The molecule has 180 valence electrons. The molecule has 5 aliphatic rings. The zero-order chi connectivity index (χ0) is 23.4. The minimum atomic E-state index is -0.757. The molecule has 7 nitrogen and oxygen atoms in total. The van der Waals surface area contributed by atoms with Crippen molar-refractivity contribution in [3.63, 3.8) is 0 Å². The van der Waals surface area contributed by atoms with E-state index in [9.17, 15) is 19.5 Å². The lowest BCUT2D eigenvalue weighted by atomic mass is 9.48. The number of thiophene rings is 1. The van der Waals surface area contributed by atoms with Gasteiger partial charge in [-0.2, -0.15) is 0 Å². The van der Waals surface area contributed by atoms with E-state index in [0.29, 0.717) is 28.8 Å². The summed E-state index contributed by atoms with van der Waals surface area (Å²) in [5.41, 5.74) is 0.0119. The number of hydrogen-bond acceptors (Lipinski definition) is 7. The van der Waals surface area contributed by atoms with Crippen LogP contribution in [0.15, 0.2) is 0 Å². The van der Waals surface area contributed by atoms with Crippen molar-refractivity contribution in [2.24, 2.45) is 17.3 Å². The Morgan fingerprint density at radius 2 is 1.82 bits per heavy atom. The van der Waals surface area contributed by atoms with Gasteiger partial charge in [-0.3, -0.25) is 9.59 Å². The van der Waals surface area contributed by atoms with Crippen LogP contribution in [-0.4, -0.2) is 41.3 Å². The average molecular weight is 476 g/mol. The Balaban J connectivity index is 1.26. The summed E-state index contributed by atoms with van der Waals surface area (Å²) < 4.78 is 10.9. The largest absolute Gasteiger partial charge is 0.459 e. The molecule has 1 heterocycles. The molecule has 0 radical (unpaired) electrons. The zero-order valence-corrected chi connectivity index (χ0v) is 20.2. The maximum absolute atomic E-state index is 13.1. The zero-order valence-electron chi connectivity index (χ0n) is 19.4. The summed E-state index contributed by atoms with van der Waals surface area (Å²) in [6.45, 7) is 3.21. The fourth-order valence-electron chi connectivity index (χ4n) is 7.04. The summed E-state index contributed by atoms with van der Waals surface area (Å²) in [4.78, 5) is 39.7. The van der Waals surface area contributed by atoms with Gasteiger partial charge in [0.1, 0.15) is 5.00 Å². The third kappa shape index (κ3) is 4.32. The van der Waals surface area contributed by atoms with Gasteiger partial charge in [0.05, 0.1) is 22.7 Å². The Hall–Kier alpha value is -1.93. The molecule has 5 aliphatic carbocycles. The molecule has 4 saturated carbocycles. The summed E-state index contributed by atoms with van der Waals surface area (Å²) >= 11 is 1.42.